The maximum atomic E-state index is 15.8. The van der Waals surface area contributed by atoms with Crippen molar-refractivity contribution in [3.05, 3.63) is 47.5 Å². The SMILES string of the molecule is CCC(=O)NC(C)(C(=O)N1CCS(=O)(=O)CC1)[C@@H](C)c1ccc(NC(=O)[C@](C)(NC(=O)c2ccnn2CC)C2CCCCC2)c(F)c1. The van der Waals surface area contributed by atoms with Gasteiger partial charge in [-0.1, -0.05) is 39.2 Å². The Kier molecular flexibility index (Phi) is 11.1. The number of rotatable bonds is 11. The van der Waals surface area contributed by atoms with Gasteiger partial charge in [-0.05, 0) is 63.3 Å². The number of aryl methyl sites for hydroxylation is 1. The van der Waals surface area contributed by atoms with Crippen molar-refractivity contribution in [2.24, 2.45) is 5.92 Å². The first-order valence-corrected chi connectivity index (χ1v) is 18.2. The third-order valence-corrected chi connectivity index (χ3v) is 11.5. The van der Waals surface area contributed by atoms with Gasteiger partial charge in [-0.2, -0.15) is 5.10 Å². The van der Waals surface area contributed by atoms with E-state index in [-0.39, 0.29) is 48.5 Å². The Morgan fingerprint density at radius 1 is 1.02 bits per heavy atom. The summed E-state index contributed by atoms with van der Waals surface area (Å²) in [5, 5.41) is 12.6. The number of carbonyl (C=O) groups excluding carboxylic acids is 4. The Labute approximate surface area is 276 Å². The molecule has 3 atom stereocenters. The van der Waals surface area contributed by atoms with E-state index in [2.05, 4.69) is 21.0 Å². The lowest BCUT2D eigenvalue weighted by atomic mass is 9.74. The largest absolute Gasteiger partial charge is 0.341 e. The smallest absolute Gasteiger partial charge is 0.270 e. The van der Waals surface area contributed by atoms with Crippen LogP contribution in [0.1, 0.15) is 95.1 Å². The van der Waals surface area contributed by atoms with E-state index in [1.165, 1.54) is 23.2 Å². The zero-order chi connectivity index (χ0) is 34.6. The Morgan fingerprint density at radius 3 is 2.28 bits per heavy atom. The molecule has 1 aliphatic heterocycles. The predicted octanol–water partition coefficient (Wildman–Crippen LogP) is 3.40. The predicted molar refractivity (Wildman–Crippen MR) is 176 cm³/mol. The summed E-state index contributed by atoms with van der Waals surface area (Å²) >= 11 is 0. The molecule has 4 rings (SSSR count). The Hall–Kier alpha value is -3.81. The van der Waals surface area contributed by atoms with Gasteiger partial charge in [0.2, 0.25) is 17.7 Å². The number of carbonyl (C=O) groups is 4. The first kappa shape index (κ1) is 36.0. The van der Waals surface area contributed by atoms with Gasteiger partial charge >= 0.3 is 0 Å². The van der Waals surface area contributed by atoms with Crippen LogP contribution in [0.2, 0.25) is 0 Å². The molecular formula is C33H47FN6O6S. The molecule has 2 aliphatic rings. The fourth-order valence-electron chi connectivity index (χ4n) is 6.56. The third kappa shape index (κ3) is 7.85. The normalized spacial score (nSPS) is 19.9. The van der Waals surface area contributed by atoms with Crippen LogP contribution >= 0.6 is 0 Å². The van der Waals surface area contributed by atoms with Crippen LogP contribution in [-0.2, 0) is 30.8 Å². The molecule has 1 saturated carbocycles. The van der Waals surface area contributed by atoms with Crippen molar-refractivity contribution in [3.63, 3.8) is 0 Å². The molecule has 1 aliphatic carbocycles. The molecule has 14 heteroatoms. The van der Waals surface area contributed by atoms with Crippen LogP contribution in [0, 0.1) is 11.7 Å². The highest BCUT2D eigenvalue weighted by Gasteiger charge is 2.46. The summed E-state index contributed by atoms with van der Waals surface area (Å²) in [5.74, 6) is -3.80. The fraction of sp³-hybridized carbons (Fsp3) is 0.606. The van der Waals surface area contributed by atoms with Crippen LogP contribution in [0.5, 0.6) is 0 Å². The van der Waals surface area contributed by atoms with E-state index in [0.717, 1.165) is 32.1 Å². The maximum absolute atomic E-state index is 15.8. The summed E-state index contributed by atoms with van der Waals surface area (Å²) in [6.07, 6.45) is 5.96. The van der Waals surface area contributed by atoms with Gasteiger partial charge < -0.3 is 20.9 Å². The lowest BCUT2D eigenvalue weighted by Gasteiger charge is -2.40. The second-order valence-electron chi connectivity index (χ2n) is 13.0. The molecule has 1 aromatic carbocycles. The second kappa shape index (κ2) is 14.5. The van der Waals surface area contributed by atoms with Crippen molar-refractivity contribution in [1.82, 2.24) is 25.3 Å². The average Bonchev–Trinajstić information content (AvgIpc) is 3.54. The average molecular weight is 675 g/mol. The Balaban J connectivity index is 1.59. The van der Waals surface area contributed by atoms with E-state index in [1.54, 1.807) is 44.5 Å². The molecule has 2 aromatic rings. The van der Waals surface area contributed by atoms with Crippen LogP contribution < -0.4 is 16.0 Å². The number of nitrogens with zero attached hydrogens (tertiary/aromatic N) is 3. The van der Waals surface area contributed by atoms with Crippen molar-refractivity contribution < 1.29 is 32.0 Å². The van der Waals surface area contributed by atoms with Gasteiger partial charge in [0.05, 0.1) is 17.2 Å². The summed E-state index contributed by atoms with van der Waals surface area (Å²) in [7, 11) is -3.25. The summed E-state index contributed by atoms with van der Waals surface area (Å²) in [6, 6.07) is 5.81. The quantitative estimate of drug-likeness (QED) is 0.330. The molecule has 2 heterocycles. The monoisotopic (exact) mass is 674 g/mol. The third-order valence-electron chi connectivity index (χ3n) is 9.92. The van der Waals surface area contributed by atoms with Gasteiger partial charge in [-0.25, -0.2) is 12.8 Å². The summed E-state index contributed by atoms with van der Waals surface area (Å²) < 4.78 is 41.3. The van der Waals surface area contributed by atoms with E-state index in [9.17, 15) is 27.6 Å². The molecule has 1 aromatic heterocycles. The topological polar surface area (TPSA) is 160 Å². The highest BCUT2D eigenvalue weighted by molar-refractivity contribution is 7.91. The van der Waals surface area contributed by atoms with Gasteiger partial charge in [-0.3, -0.25) is 23.9 Å². The highest BCUT2D eigenvalue weighted by Crippen LogP contribution is 2.36. The zero-order valence-electron chi connectivity index (χ0n) is 27.9. The van der Waals surface area contributed by atoms with Crippen molar-refractivity contribution >= 4 is 39.2 Å². The number of benzene rings is 1. The molecule has 0 bridgehead atoms. The standard InChI is InChI=1S/C33H47FN6O6S/c1-6-28(41)37-32(4,31(44)39-17-19-47(45,46)20-18-39)22(3)23-13-14-26(25(34)21-23)36-30(43)33(5,24-11-9-8-10-12-24)38-29(42)27-15-16-35-40(27)7-2/h13-16,21-22,24H,6-12,17-20H2,1-5H3,(H,36,43)(H,37,41)(H,38,42)/t22-,32?,33+/m0/s1. The minimum atomic E-state index is -3.25. The fourth-order valence-corrected chi connectivity index (χ4v) is 7.76. The number of nitrogens with one attached hydrogen (secondary N) is 3. The summed E-state index contributed by atoms with van der Waals surface area (Å²) in [4.78, 5) is 55.1. The van der Waals surface area contributed by atoms with Crippen LogP contribution in [-0.4, -0.2) is 82.4 Å². The lowest BCUT2D eigenvalue weighted by Crippen LogP contribution is -2.62. The van der Waals surface area contributed by atoms with Gasteiger partial charge in [0.15, 0.2) is 9.84 Å². The first-order chi connectivity index (χ1) is 22.1. The van der Waals surface area contributed by atoms with Crippen molar-refractivity contribution in [2.75, 3.05) is 29.9 Å². The molecule has 3 N–H and O–H groups in total. The van der Waals surface area contributed by atoms with Crippen LogP contribution in [0.25, 0.3) is 0 Å². The number of hydrogen-bond donors (Lipinski definition) is 3. The minimum Gasteiger partial charge on any atom is -0.341 e. The van der Waals surface area contributed by atoms with Gasteiger partial charge in [0.25, 0.3) is 5.91 Å². The number of sulfone groups is 1. The van der Waals surface area contributed by atoms with Crippen LogP contribution in [0.4, 0.5) is 10.1 Å². The molecule has 0 spiro atoms. The second-order valence-corrected chi connectivity index (χ2v) is 15.3. The van der Waals surface area contributed by atoms with E-state index in [4.69, 9.17) is 0 Å². The number of amides is 4. The van der Waals surface area contributed by atoms with Crippen molar-refractivity contribution in [1.29, 1.82) is 0 Å². The molecule has 0 radical (unpaired) electrons. The van der Waals surface area contributed by atoms with Crippen LogP contribution in [0.3, 0.4) is 0 Å². The number of anilines is 1. The summed E-state index contributed by atoms with van der Waals surface area (Å²) in [5.41, 5.74) is -2.21. The van der Waals surface area contributed by atoms with Gasteiger partial charge in [-0.15, -0.1) is 0 Å². The number of hydrogen-bond acceptors (Lipinski definition) is 7. The summed E-state index contributed by atoms with van der Waals surface area (Å²) in [6.45, 7) is 8.92. The van der Waals surface area contributed by atoms with Crippen molar-refractivity contribution in [3.8, 4) is 0 Å². The van der Waals surface area contributed by atoms with Gasteiger partial charge in [0, 0.05) is 38.2 Å². The van der Waals surface area contributed by atoms with E-state index >= 15 is 4.39 Å². The Morgan fingerprint density at radius 2 is 1.68 bits per heavy atom. The molecule has 12 nitrogen and oxygen atoms in total. The molecule has 2 fully saturated rings. The zero-order valence-corrected chi connectivity index (χ0v) is 28.7. The first-order valence-electron chi connectivity index (χ1n) is 16.4. The van der Waals surface area contributed by atoms with E-state index < -0.39 is 50.4 Å². The maximum Gasteiger partial charge on any atom is 0.270 e. The molecule has 1 saturated heterocycles. The van der Waals surface area contributed by atoms with E-state index in [0.29, 0.717) is 17.8 Å². The lowest BCUT2D eigenvalue weighted by molar-refractivity contribution is -0.141. The van der Waals surface area contributed by atoms with Crippen molar-refractivity contribution in [2.45, 2.75) is 96.7 Å². The Bertz CT molecular complexity index is 1590. The van der Waals surface area contributed by atoms with Gasteiger partial charge in [0.1, 0.15) is 22.6 Å². The molecule has 258 valence electrons. The number of halogens is 1. The molecule has 4 amide bonds. The molecule has 47 heavy (non-hydrogen) atoms. The van der Waals surface area contributed by atoms with E-state index in [1.807, 2.05) is 6.92 Å². The highest BCUT2D eigenvalue weighted by atomic mass is 32.2. The number of aromatic nitrogens is 2. The van der Waals surface area contributed by atoms with Crippen LogP contribution in [0.15, 0.2) is 30.5 Å². The minimum absolute atomic E-state index is 0.00187. The molecule has 1 unspecified atom stereocenters. The molecular weight excluding hydrogens is 627 g/mol.